The molecule has 0 aromatic heterocycles. The molecule has 17 heavy (non-hydrogen) atoms. The predicted octanol–water partition coefficient (Wildman–Crippen LogP) is 5.53. The molecule has 98 valence electrons. The van der Waals surface area contributed by atoms with Crippen LogP contribution in [0.1, 0.15) is 67.2 Å². The van der Waals surface area contributed by atoms with Crippen LogP contribution in [0.25, 0.3) is 0 Å². The number of rotatable bonds is 7. The van der Waals surface area contributed by atoms with E-state index in [0.717, 1.165) is 11.4 Å². The van der Waals surface area contributed by atoms with Gasteiger partial charge in [-0.2, -0.15) is 0 Å². The summed E-state index contributed by atoms with van der Waals surface area (Å²) in [5, 5.41) is 0. The molecule has 0 atom stereocenters. The Balaban J connectivity index is 4.79. The molecule has 0 aliphatic rings. The maximum Gasteiger partial charge on any atom is 0.0404 e. The van der Waals surface area contributed by atoms with Crippen LogP contribution in [0.3, 0.4) is 0 Å². The lowest BCUT2D eigenvalue weighted by Crippen LogP contribution is -2.05. The van der Waals surface area contributed by atoms with Gasteiger partial charge in [0.25, 0.3) is 0 Å². The Morgan fingerprint density at radius 3 is 1.82 bits per heavy atom. The van der Waals surface area contributed by atoms with Gasteiger partial charge >= 0.3 is 0 Å². The van der Waals surface area contributed by atoms with Crippen LogP contribution in [0.2, 0.25) is 0 Å². The van der Waals surface area contributed by atoms with Crippen molar-refractivity contribution in [2.45, 2.75) is 67.2 Å². The molecule has 0 radical (unpaired) electrons. The number of allylic oxidation sites excluding steroid dienone is 3. The molecule has 0 saturated heterocycles. The summed E-state index contributed by atoms with van der Waals surface area (Å²) in [5.74, 6) is 0.560. The van der Waals surface area contributed by atoms with E-state index in [1.165, 1.54) is 36.8 Å². The molecule has 0 aromatic rings. The van der Waals surface area contributed by atoms with Crippen molar-refractivity contribution in [3.8, 4) is 0 Å². The van der Waals surface area contributed by atoms with Gasteiger partial charge in [0.15, 0.2) is 0 Å². The molecule has 0 amide bonds. The van der Waals surface area contributed by atoms with Gasteiger partial charge in [0.2, 0.25) is 0 Å². The van der Waals surface area contributed by atoms with Gasteiger partial charge in [0.1, 0.15) is 0 Å². The van der Waals surface area contributed by atoms with E-state index in [9.17, 15) is 0 Å². The minimum atomic E-state index is 0.560. The second-order valence-corrected chi connectivity index (χ2v) is 5.09. The Labute approximate surface area is 108 Å². The standard InChI is InChI=1S/C16H29N/c1-8-10-16(11-9-2)15(7)17-14(6)13(5)12(3)4/h16H,7-11H2,1-6H3. The summed E-state index contributed by atoms with van der Waals surface area (Å²) in [6, 6.07) is 0. The summed E-state index contributed by atoms with van der Waals surface area (Å²) < 4.78 is 0. The Morgan fingerprint density at radius 1 is 1.00 bits per heavy atom. The van der Waals surface area contributed by atoms with Crippen LogP contribution in [0.5, 0.6) is 0 Å². The molecule has 0 saturated carbocycles. The van der Waals surface area contributed by atoms with E-state index < -0.39 is 0 Å². The molecule has 1 heteroatoms. The maximum absolute atomic E-state index is 4.70. The molecule has 1 nitrogen and oxygen atoms in total. The van der Waals surface area contributed by atoms with E-state index in [-0.39, 0.29) is 0 Å². The molecule has 0 heterocycles. The van der Waals surface area contributed by atoms with Crippen molar-refractivity contribution in [2.75, 3.05) is 0 Å². The first-order valence-corrected chi connectivity index (χ1v) is 6.82. The van der Waals surface area contributed by atoms with Gasteiger partial charge in [-0.05, 0) is 46.1 Å². The summed E-state index contributed by atoms with van der Waals surface area (Å²) in [6.45, 7) is 17.1. The van der Waals surface area contributed by atoms with Crippen molar-refractivity contribution in [1.82, 2.24) is 0 Å². The zero-order valence-corrected chi connectivity index (χ0v) is 12.6. The Kier molecular flexibility index (Phi) is 7.86. The van der Waals surface area contributed by atoms with E-state index in [1.807, 2.05) is 0 Å². The fourth-order valence-electron chi connectivity index (χ4n) is 1.93. The molecule has 0 fully saturated rings. The van der Waals surface area contributed by atoms with Crippen LogP contribution in [-0.2, 0) is 0 Å². The normalized spacial score (nSPS) is 11.8. The van der Waals surface area contributed by atoms with E-state index in [1.54, 1.807) is 0 Å². The monoisotopic (exact) mass is 235 g/mol. The molecule has 0 rings (SSSR count). The predicted molar refractivity (Wildman–Crippen MR) is 79.6 cm³/mol. The Hall–Kier alpha value is -0.850. The van der Waals surface area contributed by atoms with E-state index in [4.69, 9.17) is 4.99 Å². The topological polar surface area (TPSA) is 12.4 Å². The van der Waals surface area contributed by atoms with Crippen molar-refractivity contribution in [2.24, 2.45) is 10.9 Å². The van der Waals surface area contributed by atoms with Gasteiger partial charge in [-0.1, -0.05) is 38.8 Å². The molecule has 0 aliphatic carbocycles. The van der Waals surface area contributed by atoms with Crippen molar-refractivity contribution in [3.63, 3.8) is 0 Å². The first-order chi connectivity index (χ1) is 7.93. The summed E-state index contributed by atoms with van der Waals surface area (Å²) in [4.78, 5) is 4.70. The van der Waals surface area contributed by atoms with Crippen LogP contribution in [0, 0.1) is 5.92 Å². The smallest absolute Gasteiger partial charge is 0.0404 e. The van der Waals surface area contributed by atoms with Crippen LogP contribution in [0.4, 0.5) is 0 Å². The highest BCUT2D eigenvalue weighted by atomic mass is 14.8. The average molecular weight is 235 g/mol. The zero-order chi connectivity index (χ0) is 13.4. The summed E-state index contributed by atoms with van der Waals surface area (Å²) >= 11 is 0. The minimum absolute atomic E-state index is 0.560. The zero-order valence-electron chi connectivity index (χ0n) is 12.6. The molecular formula is C16H29N. The molecule has 0 aliphatic heterocycles. The van der Waals surface area contributed by atoms with Crippen molar-refractivity contribution in [1.29, 1.82) is 0 Å². The molecule has 0 N–H and O–H groups in total. The second kappa shape index (κ2) is 8.27. The van der Waals surface area contributed by atoms with Crippen LogP contribution < -0.4 is 0 Å². The van der Waals surface area contributed by atoms with Crippen molar-refractivity contribution < 1.29 is 0 Å². The van der Waals surface area contributed by atoms with Crippen LogP contribution in [0.15, 0.2) is 28.4 Å². The van der Waals surface area contributed by atoms with Gasteiger partial charge < -0.3 is 0 Å². The van der Waals surface area contributed by atoms with E-state index >= 15 is 0 Å². The minimum Gasteiger partial charge on any atom is -0.258 e. The van der Waals surface area contributed by atoms with E-state index in [2.05, 4.69) is 48.1 Å². The van der Waals surface area contributed by atoms with Gasteiger partial charge in [0, 0.05) is 17.3 Å². The van der Waals surface area contributed by atoms with Crippen molar-refractivity contribution in [3.05, 3.63) is 23.4 Å². The van der Waals surface area contributed by atoms with Gasteiger partial charge in [0.05, 0.1) is 0 Å². The lowest BCUT2D eigenvalue weighted by Gasteiger charge is -2.16. The van der Waals surface area contributed by atoms with Gasteiger partial charge in [-0.25, -0.2) is 0 Å². The number of hydrogen-bond donors (Lipinski definition) is 0. The lowest BCUT2D eigenvalue weighted by atomic mass is 9.95. The number of aliphatic imine (C=N–C) groups is 1. The third-order valence-corrected chi connectivity index (χ3v) is 3.35. The molecule has 0 spiro atoms. The number of nitrogens with zero attached hydrogens (tertiary/aromatic N) is 1. The van der Waals surface area contributed by atoms with E-state index in [0.29, 0.717) is 5.92 Å². The average Bonchev–Trinajstić information content (AvgIpc) is 2.27. The highest BCUT2D eigenvalue weighted by Gasteiger charge is 2.10. The van der Waals surface area contributed by atoms with Crippen molar-refractivity contribution >= 4 is 5.71 Å². The largest absolute Gasteiger partial charge is 0.258 e. The molecule has 0 aromatic carbocycles. The highest BCUT2D eigenvalue weighted by molar-refractivity contribution is 5.98. The van der Waals surface area contributed by atoms with Gasteiger partial charge in [-0.15, -0.1) is 0 Å². The fourth-order valence-corrected chi connectivity index (χ4v) is 1.93. The lowest BCUT2D eigenvalue weighted by molar-refractivity contribution is 0.501. The van der Waals surface area contributed by atoms with Crippen LogP contribution in [-0.4, -0.2) is 5.71 Å². The third kappa shape index (κ3) is 5.86. The fraction of sp³-hybridized carbons (Fsp3) is 0.688. The Morgan fingerprint density at radius 2 is 1.47 bits per heavy atom. The van der Waals surface area contributed by atoms with Gasteiger partial charge in [-0.3, -0.25) is 4.99 Å². The summed E-state index contributed by atoms with van der Waals surface area (Å²) in [6.07, 6.45) is 4.83. The second-order valence-electron chi connectivity index (χ2n) is 5.09. The Bertz CT molecular complexity index is 297. The summed E-state index contributed by atoms with van der Waals surface area (Å²) in [5.41, 5.74) is 4.80. The molecule has 0 unspecified atom stereocenters. The van der Waals surface area contributed by atoms with Crippen LogP contribution >= 0.6 is 0 Å². The molecular weight excluding hydrogens is 206 g/mol. The first-order valence-electron chi connectivity index (χ1n) is 6.82. The molecule has 0 bridgehead atoms. The number of hydrogen-bond acceptors (Lipinski definition) is 1. The SMILES string of the molecule is C=C(N=C(C)C(C)=C(C)C)C(CCC)CCC. The maximum atomic E-state index is 4.70. The highest BCUT2D eigenvalue weighted by Crippen LogP contribution is 2.23. The summed E-state index contributed by atoms with van der Waals surface area (Å²) in [7, 11) is 0. The quantitative estimate of drug-likeness (QED) is 0.514. The third-order valence-electron chi connectivity index (χ3n) is 3.35. The first kappa shape index (κ1) is 16.1.